The molecule has 0 bridgehead atoms. The van der Waals surface area contributed by atoms with E-state index in [-0.39, 0.29) is 18.1 Å². The first kappa shape index (κ1) is 13.2. The maximum absolute atomic E-state index is 9.41. The fraction of sp³-hybridized carbons (Fsp3) is 0.571. The summed E-state index contributed by atoms with van der Waals surface area (Å²) >= 11 is 0. The van der Waals surface area contributed by atoms with E-state index >= 15 is 0 Å². The third-order valence-electron chi connectivity index (χ3n) is 3.43. The molecule has 2 heteroatoms. The predicted octanol–water partition coefficient (Wildman–Crippen LogP) is 2.57. The first-order valence-electron chi connectivity index (χ1n) is 5.98. The van der Waals surface area contributed by atoms with Crippen molar-refractivity contribution in [2.45, 2.75) is 39.8 Å². The van der Waals surface area contributed by atoms with Gasteiger partial charge in [0.2, 0.25) is 0 Å². The van der Waals surface area contributed by atoms with Gasteiger partial charge in [-0.25, -0.2) is 0 Å². The summed E-state index contributed by atoms with van der Waals surface area (Å²) in [6.07, 6.45) is 1.06. The second-order valence-electron chi connectivity index (χ2n) is 4.94. The zero-order valence-electron chi connectivity index (χ0n) is 10.5. The van der Waals surface area contributed by atoms with Crippen LogP contribution in [0.25, 0.3) is 0 Å². The minimum atomic E-state index is 0.129. The first-order chi connectivity index (χ1) is 7.60. The summed E-state index contributed by atoms with van der Waals surface area (Å²) in [4.78, 5) is 0. The number of aliphatic hydroxyl groups is 1. The van der Waals surface area contributed by atoms with Crippen LogP contribution in [0.4, 0.5) is 0 Å². The van der Waals surface area contributed by atoms with Gasteiger partial charge in [0.25, 0.3) is 0 Å². The lowest BCUT2D eigenvalue weighted by Gasteiger charge is -2.33. The molecular weight excluding hydrogens is 198 g/mol. The fourth-order valence-corrected chi connectivity index (χ4v) is 1.67. The Hall–Kier alpha value is -0.860. The van der Waals surface area contributed by atoms with Crippen molar-refractivity contribution in [2.75, 3.05) is 6.61 Å². The molecule has 0 aliphatic heterocycles. The Morgan fingerprint density at radius 1 is 1.25 bits per heavy atom. The van der Waals surface area contributed by atoms with Crippen LogP contribution in [0.2, 0.25) is 0 Å². The molecule has 0 aliphatic rings. The van der Waals surface area contributed by atoms with Crippen LogP contribution in [0.15, 0.2) is 30.3 Å². The summed E-state index contributed by atoms with van der Waals surface area (Å²) in [5.74, 6) is 0. The van der Waals surface area contributed by atoms with Crippen LogP contribution >= 0.6 is 0 Å². The van der Waals surface area contributed by atoms with E-state index in [0.717, 1.165) is 13.0 Å². The molecule has 0 saturated heterocycles. The van der Waals surface area contributed by atoms with Crippen LogP contribution in [0.1, 0.15) is 32.8 Å². The quantitative estimate of drug-likeness (QED) is 0.774. The standard InChI is InChI=1S/C14H23NO/c1-4-14(2,3)13(11-16)15-10-12-8-6-5-7-9-12/h5-9,13,15-16H,4,10-11H2,1-3H3. The molecule has 90 valence electrons. The Labute approximate surface area is 98.7 Å². The second-order valence-corrected chi connectivity index (χ2v) is 4.94. The van der Waals surface area contributed by atoms with Crippen molar-refractivity contribution in [3.8, 4) is 0 Å². The topological polar surface area (TPSA) is 32.3 Å². The molecule has 0 saturated carbocycles. The van der Waals surface area contributed by atoms with E-state index in [1.807, 2.05) is 18.2 Å². The molecule has 1 aromatic rings. The lowest BCUT2D eigenvalue weighted by Crippen LogP contribution is -2.44. The molecule has 0 radical (unpaired) electrons. The van der Waals surface area contributed by atoms with E-state index in [1.54, 1.807) is 0 Å². The van der Waals surface area contributed by atoms with Crippen molar-refractivity contribution in [1.29, 1.82) is 0 Å². The highest BCUT2D eigenvalue weighted by Gasteiger charge is 2.26. The molecule has 1 atom stereocenters. The largest absolute Gasteiger partial charge is 0.395 e. The maximum atomic E-state index is 9.41. The predicted molar refractivity (Wildman–Crippen MR) is 68.2 cm³/mol. The van der Waals surface area contributed by atoms with E-state index in [9.17, 15) is 5.11 Å². The van der Waals surface area contributed by atoms with Gasteiger partial charge in [-0.15, -0.1) is 0 Å². The molecule has 0 heterocycles. The number of nitrogens with one attached hydrogen (secondary N) is 1. The smallest absolute Gasteiger partial charge is 0.0589 e. The molecule has 16 heavy (non-hydrogen) atoms. The molecule has 0 aromatic heterocycles. The van der Waals surface area contributed by atoms with Crippen LogP contribution in [-0.2, 0) is 6.54 Å². The summed E-state index contributed by atoms with van der Waals surface area (Å²) in [5, 5.41) is 12.8. The molecule has 0 fully saturated rings. The minimum absolute atomic E-state index is 0.129. The van der Waals surface area contributed by atoms with Crippen molar-refractivity contribution in [2.24, 2.45) is 5.41 Å². The zero-order chi connectivity index (χ0) is 12.0. The molecule has 0 amide bonds. The average Bonchev–Trinajstić information content (AvgIpc) is 2.31. The third-order valence-corrected chi connectivity index (χ3v) is 3.43. The van der Waals surface area contributed by atoms with Crippen LogP contribution in [0.3, 0.4) is 0 Å². The molecule has 0 spiro atoms. The van der Waals surface area contributed by atoms with E-state index in [2.05, 4.69) is 38.2 Å². The molecule has 0 aliphatic carbocycles. The van der Waals surface area contributed by atoms with Gasteiger partial charge < -0.3 is 10.4 Å². The number of hydrogen-bond acceptors (Lipinski definition) is 2. The van der Waals surface area contributed by atoms with Gasteiger partial charge in [0.1, 0.15) is 0 Å². The summed E-state index contributed by atoms with van der Waals surface area (Å²) in [6, 6.07) is 10.4. The number of rotatable bonds is 6. The van der Waals surface area contributed by atoms with Crippen molar-refractivity contribution >= 4 is 0 Å². The van der Waals surface area contributed by atoms with E-state index in [1.165, 1.54) is 5.56 Å². The normalized spacial score (nSPS) is 13.8. The average molecular weight is 221 g/mol. The Morgan fingerprint density at radius 3 is 2.38 bits per heavy atom. The van der Waals surface area contributed by atoms with Crippen molar-refractivity contribution in [1.82, 2.24) is 5.32 Å². The van der Waals surface area contributed by atoms with Crippen molar-refractivity contribution < 1.29 is 5.11 Å². The summed E-state index contributed by atoms with van der Waals surface area (Å²) < 4.78 is 0. The van der Waals surface area contributed by atoms with Gasteiger partial charge >= 0.3 is 0 Å². The molecule has 1 aromatic carbocycles. The summed E-state index contributed by atoms with van der Waals surface area (Å²) in [5.41, 5.74) is 1.39. The highest BCUT2D eigenvalue weighted by atomic mass is 16.3. The molecular formula is C14H23NO. The first-order valence-corrected chi connectivity index (χ1v) is 5.98. The number of hydrogen-bond donors (Lipinski definition) is 2. The lowest BCUT2D eigenvalue weighted by molar-refractivity contribution is 0.141. The van der Waals surface area contributed by atoms with Crippen LogP contribution in [0.5, 0.6) is 0 Å². The van der Waals surface area contributed by atoms with Crippen LogP contribution < -0.4 is 5.32 Å². The van der Waals surface area contributed by atoms with Gasteiger partial charge in [-0.2, -0.15) is 0 Å². The summed E-state index contributed by atoms with van der Waals surface area (Å²) in [6.45, 7) is 7.54. The fourth-order valence-electron chi connectivity index (χ4n) is 1.67. The second kappa shape index (κ2) is 6.02. The number of benzene rings is 1. The maximum Gasteiger partial charge on any atom is 0.0589 e. The highest BCUT2D eigenvalue weighted by molar-refractivity contribution is 5.14. The van der Waals surface area contributed by atoms with Gasteiger partial charge in [-0.3, -0.25) is 0 Å². The van der Waals surface area contributed by atoms with Crippen LogP contribution in [0, 0.1) is 5.41 Å². The molecule has 1 rings (SSSR count). The van der Waals surface area contributed by atoms with E-state index < -0.39 is 0 Å². The molecule has 2 N–H and O–H groups in total. The third kappa shape index (κ3) is 3.62. The van der Waals surface area contributed by atoms with Crippen molar-refractivity contribution in [3.63, 3.8) is 0 Å². The SMILES string of the molecule is CCC(C)(C)C(CO)NCc1ccccc1. The minimum Gasteiger partial charge on any atom is -0.395 e. The molecule has 1 unspecified atom stereocenters. The Kier molecular flexibility index (Phi) is 4.97. The van der Waals surface area contributed by atoms with E-state index in [4.69, 9.17) is 0 Å². The summed E-state index contributed by atoms with van der Waals surface area (Å²) in [7, 11) is 0. The van der Waals surface area contributed by atoms with Gasteiger partial charge in [-0.1, -0.05) is 51.1 Å². The Bertz CT molecular complexity index is 295. The van der Waals surface area contributed by atoms with Gasteiger partial charge in [0.05, 0.1) is 6.61 Å². The Morgan fingerprint density at radius 2 is 1.88 bits per heavy atom. The van der Waals surface area contributed by atoms with Crippen LogP contribution in [-0.4, -0.2) is 17.8 Å². The van der Waals surface area contributed by atoms with Gasteiger partial charge in [0, 0.05) is 12.6 Å². The zero-order valence-corrected chi connectivity index (χ0v) is 10.5. The Balaban J connectivity index is 2.53. The monoisotopic (exact) mass is 221 g/mol. The van der Waals surface area contributed by atoms with E-state index in [0.29, 0.717) is 0 Å². The molecule has 2 nitrogen and oxygen atoms in total. The number of aliphatic hydroxyl groups excluding tert-OH is 1. The lowest BCUT2D eigenvalue weighted by atomic mass is 9.82. The highest BCUT2D eigenvalue weighted by Crippen LogP contribution is 2.24. The van der Waals surface area contributed by atoms with Crippen molar-refractivity contribution in [3.05, 3.63) is 35.9 Å². The van der Waals surface area contributed by atoms with Gasteiger partial charge in [-0.05, 0) is 17.4 Å². The van der Waals surface area contributed by atoms with Gasteiger partial charge in [0.15, 0.2) is 0 Å².